The van der Waals surface area contributed by atoms with Crippen LogP contribution in [0.3, 0.4) is 0 Å². The maximum absolute atomic E-state index is 8.43. The van der Waals surface area contributed by atoms with Crippen molar-refractivity contribution in [3.8, 4) is 11.8 Å². The van der Waals surface area contributed by atoms with Crippen LogP contribution in [-0.4, -0.2) is 11.6 Å². The predicted octanol–water partition coefficient (Wildman–Crippen LogP) is 2.79. The minimum absolute atomic E-state index is 0.00725. The average Bonchev–Trinajstić information content (AvgIpc) is 2.29. The van der Waals surface area contributed by atoms with Gasteiger partial charge in [0.25, 0.3) is 0 Å². The first-order valence-corrected chi connectivity index (χ1v) is 4.73. The number of aromatic nitrogens is 1. The zero-order valence-corrected chi connectivity index (χ0v) is 8.53. The number of benzene rings is 1. The number of rotatable bonds is 2. The SMILES string of the molecule is N#CCOc1cnc(Cl)c2ccccc12. The van der Waals surface area contributed by atoms with Gasteiger partial charge in [0.15, 0.2) is 6.61 Å². The highest BCUT2D eigenvalue weighted by molar-refractivity contribution is 6.34. The van der Waals surface area contributed by atoms with Gasteiger partial charge in [-0.15, -0.1) is 0 Å². The molecule has 0 bridgehead atoms. The van der Waals surface area contributed by atoms with Gasteiger partial charge in [0, 0.05) is 10.8 Å². The minimum atomic E-state index is 0.00725. The number of nitrogens with zero attached hydrogens (tertiary/aromatic N) is 2. The zero-order valence-electron chi connectivity index (χ0n) is 7.77. The van der Waals surface area contributed by atoms with Crippen molar-refractivity contribution < 1.29 is 4.74 Å². The fourth-order valence-electron chi connectivity index (χ4n) is 1.36. The van der Waals surface area contributed by atoms with Crippen molar-refractivity contribution in [1.82, 2.24) is 4.98 Å². The minimum Gasteiger partial charge on any atom is -0.476 e. The lowest BCUT2D eigenvalue weighted by atomic mass is 10.2. The first kappa shape index (κ1) is 9.75. The molecule has 0 N–H and O–H groups in total. The highest BCUT2D eigenvalue weighted by Gasteiger charge is 2.05. The highest BCUT2D eigenvalue weighted by Crippen LogP contribution is 2.28. The number of halogens is 1. The standard InChI is InChI=1S/C11H7ClN2O/c12-11-9-4-2-1-3-8(9)10(7-14-11)15-6-5-13/h1-4,7H,6H2. The molecule has 0 saturated carbocycles. The van der Waals surface area contributed by atoms with E-state index >= 15 is 0 Å². The van der Waals surface area contributed by atoms with E-state index in [2.05, 4.69) is 4.98 Å². The Morgan fingerprint density at radius 1 is 1.33 bits per heavy atom. The largest absolute Gasteiger partial charge is 0.476 e. The Kier molecular flexibility index (Phi) is 2.70. The quantitative estimate of drug-likeness (QED) is 0.729. The van der Waals surface area contributed by atoms with Crippen molar-refractivity contribution in [2.75, 3.05) is 6.61 Å². The van der Waals surface area contributed by atoms with Crippen molar-refractivity contribution in [2.24, 2.45) is 0 Å². The molecule has 0 fully saturated rings. The topological polar surface area (TPSA) is 45.9 Å². The summed E-state index contributed by atoms with van der Waals surface area (Å²) in [5, 5.41) is 10.6. The normalized spacial score (nSPS) is 9.87. The summed E-state index contributed by atoms with van der Waals surface area (Å²) in [6.45, 7) is 0.00725. The third-order valence-corrected chi connectivity index (χ3v) is 2.30. The lowest BCUT2D eigenvalue weighted by Crippen LogP contribution is -1.95. The molecule has 1 heterocycles. The second kappa shape index (κ2) is 4.16. The Labute approximate surface area is 91.9 Å². The zero-order chi connectivity index (χ0) is 10.7. The second-order valence-corrected chi connectivity index (χ2v) is 3.26. The molecule has 0 aliphatic rings. The first-order chi connectivity index (χ1) is 7.33. The lowest BCUT2D eigenvalue weighted by molar-refractivity contribution is 0.371. The van der Waals surface area contributed by atoms with Crippen molar-refractivity contribution >= 4 is 22.4 Å². The maximum Gasteiger partial charge on any atom is 0.174 e. The third kappa shape index (κ3) is 1.85. The van der Waals surface area contributed by atoms with Crippen LogP contribution < -0.4 is 4.74 Å². The van der Waals surface area contributed by atoms with E-state index in [4.69, 9.17) is 21.6 Å². The Morgan fingerprint density at radius 3 is 2.80 bits per heavy atom. The Balaban J connectivity index is 2.57. The van der Waals surface area contributed by atoms with Gasteiger partial charge < -0.3 is 4.74 Å². The van der Waals surface area contributed by atoms with E-state index < -0.39 is 0 Å². The summed E-state index contributed by atoms with van der Waals surface area (Å²) < 4.78 is 5.24. The van der Waals surface area contributed by atoms with Gasteiger partial charge in [-0.3, -0.25) is 0 Å². The molecule has 2 rings (SSSR count). The molecule has 0 saturated heterocycles. The molecule has 74 valence electrons. The maximum atomic E-state index is 8.43. The van der Waals surface area contributed by atoms with Gasteiger partial charge in [0.1, 0.15) is 17.0 Å². The van der Waals surface area contributed by atoms with Crippen LogP contribution in [0.1, 0.15) is 0 Å². The molecule has 1 aromatic carbocycles. The number of ether oxygens (including phenoxy) is 1. The third-order valence-electron chi connectivity index (χ3n) is 2.00. The molecule has 2 aromatic rings. The smallest absolute Gasteiger partial charge is 0.174 e. The summed E-state index contributed by atoms with van der Waals surface area (Å²) in [7, 11) is 0. The van der Waals surface area contributed by atoms with E-state index in [1.165, 1.54) is 6.20 Å². The van der Waals surface area contributed by atoms with Gasteiger partial charge in [-0.1, -0.05) is 35.9 Å². The summed E-state index contributed by atoms with van der Waals surface area (Å²) >= 11 is 5.93. The van der Waals surface area contributed by atoms with E-state index in [9.17, 15) is 0 Å². The number of pyridine rings is 1. The van der Waals surface area contributed by atoms with Crippen LogP contribution >= 0.6 is 11.6 Å². The first-order valence-electron chi connectivity index (χ1n) is 4.36. The number of fused-ring (bicyclic) bond motifs is 1. The molecule has 0 unspecified atom stereocenters. The molecule has 0 aliphatic heterocycles. The summed E-state index contributed by atoms with van der Waals surface area (Å²) in [6.07, 6.45) is 1.53. The molecular weight excluding hydrogens is 212 g/mol. The van der Waals surface area contributed by atoms with E-state index in [-0.39, 0.29) is 6.61 Å². The van der Waals surface area contributed by atoms with Gasteiger partial charge >= 0.3 is 0 Å². The van der Waals surface area contributed by atoms with E-state index in [0.717, 1.165) is 10.8 Å². The summed E-state index contributed by atoms with van der Waals surface area (Å²) in [4.78, 5) is 3.99. The number of hydrogen-bond acceptors (Lipinski definition) is 3. The van der Waals surface area contributed by atoms with E-state index in [1.807, 2.05) is 30.3 Å². The van der Waals surface area contributed by atoms with Crippen LogP contribution in [0.15, 0.2) is 30.5 Å². The Hall–Kier alpha value is -1.79. The Morgan fingerprint density at radius 2 is 2.07 bits per heavy atom. The molecule has 15 heavy (non-hydrogen) atoms. The monoisotopic (exact) mass is 218 g/mol. The summed E-state index contributed by atoms with van der Waals surface area (Å²) in [5.74, 6) is 0.580. The van der Waals surface area contributed by atoms with Gasteiger partial charge in [-0.2, -0.15) is 5.26 Å². The van der Waals surface area contributed by atoms with Crippen LogP contribution in [0.5, 0.6) is 5.75 Å². The van der Waals surface area contributed by atoms with Crippen LogP contribution in [0.2, 0.25) is 5.15 Å². The molecule has 0 amide bonds. The molecular formula is C11H7ClN2O. The lowest BCUT2D eigenvalue weighted by Gasteiger charge is -2.06. The molecule has 4 heteroatoms. The van der Waals surface area contributed by atoms with Crippen molar-refractivity contribution in [3.05, 3.63) is 35.6 Å². The van der Waals surface area contributed by atoms with Gasteiger partial charge in [0.2, 0.25) is 0 Å². The van der Waals surface area contributed by atoms with Gasteiger partial charge in [-0.05, 0) is 0 Å². The second-order valence-electron chi connectivity index (χ2n) is 2.91. The molecule has 0 radical (unpaired) electrons. The average molecular weight is 219 g/mol. The van der Waals surface area contributed by atoms with Crippen molar-refractivity contribution in [1.29, 1.82) is 5.26 Å². The van der Waals surface area contributed by atoms with Crippen molar-refractivity contribution in [2.45, 2.75) is 0 Å². The molecule has 3 nitrogen and oxygen atoms in total. The molecule has 0 spiro atoms. The number of hydrogen-bond donors (Lipinski definition) is 0. The van der Waals surface area contributed by atoms with Crippen molar-refractivity contribution in [3.63, 3.8) is 0 Å². The highest BCUT2D eigenvalue weighted by atomic mass is 35.5. The Bertz CT molecular complexity index is 534. The molecule has 0 atom stereocenters. The summed E-state index contributed by atoms with van der Waals surface area (Å²) in [5.41, 5.74) is 0. The molecule has 0 aliphatic carbocycles. The molecule has 1 aromatic heterocycles. The van der Waals surface area contributed by atoms with Crippen LogP contribution in [0, 0.1) is 11.3 Å². The summed E-state index contributed by atoms with van der Waals surface area (Å²) in [6, 6.07) is 9.43. The number of nitriles is 1. The van der Waals surface area contributed by atoms with E-state index in [0.29, 0.717) is 10.9 Å². The van der Waals surface area contributed by atoms with Gasteiger partial charge in [-0.25, -0.2) is 4.98 Å². The predicted molar refractivity (Wildman–Crippen MR) is 57.9 cm³/mol. The van der Waals surface area contributed by atoms with Crippen LogP contribution in [-0.2, 0) is 0 Å². The van der Waals surface area contributed by atoms with E-state index in [1.54, 1.807) is 0 Å². The fourth-order valence-corrected chi connectivity index (χ4v) is 1.57. The van der Waals surface area contributed by atoms with Crippen LogP contribution in [0.25, 0.3) is 10.8 Å². The van der Waals surface area contributed by atoms with Gasteiger partial charge in [0.05, 0.1) is 6.20 Å². The fraction of sp³-hybridized carbons (Fsp3) is 0.0909. The van der Waals surface area contributed by atoms with Crippen LogP contribution in [0.4, 0.5) is 0 Å².